The zero-order valence-corrected chi connectivity index (χ0v) is 11.0. The molecule has 0 aromatic carbocycles. The largest absolute Gasteiger partial charge is 0.481 e. The Morgan fingerprint density at radius 2 is 2.44 bits per heavy atom. The third-order valence-electron chi connectivity index (χ3n) is 2.49. The smallest absolute Gasteiger partial charge is 0.322 e. The number of aromatic nitrogens is 2. The second kappa shape index (κ2) is 6.01. The summed E-state index contributed by atoms with van der Waals surface area (Å²) in [7, 11) is 0. The number of carboxylic acid groups (broad SMARTS) is 1. The van der Waals surface area contributed by atoms with E-state index in [9.17, 15) is 9.59 Å². The quantitative estimate of drug-likeness (QED) is 0.860. The summed E-state index contributed by atoms with van der Waals surface area (Å²) >= 11 is 2.76. The van der Waals surface area contributed by atoms with Crippen LogP contribution in [0.1, 0.15) is 6.42 Å². The molecule has 1 atom stereocenters. The number of carbonyl (C=O) groups excluding carboxylic acids is 1. The number of nitrogens with one attached hydrogen (secondary N) is 1. The molecule has 2 heterocycles. The Morgan fingerprint density at radius 1 is 1.61 bits per heavy atom. The summed E-state index contributed by atoms with van der Waals surface area (Å²) in [6.45, 7) is 0.556. The van der Waals surface area contributed by atoms with E-state index in [1.165, 1.54) is 6.20 Å². The summed E-state index contributed by atoms with van der Waals surface area (Å²) in [5.74, 6) is 0.588. The van der Waals surface area contributed by atoms with E-state index in [0.717, 1.165) is 17.3 Å². The number of hydrogen-bond donors (Lipinski definition) is 2. The molecule has 18 heavy (non-hydrogen) atoms. The van der Waals surface area contributed by atoms with Gasteiger partial charge in [0.15, 0.2) is 0 Å². The molecule has 0 radical (unpaired) electrons. The Morgan fingerprint density at radius 3 is 3.11 bits per heavy atom. The fourth-order valence-electron chi connectivity index (χ4n) is 1.69. The van der Waals surface area contributed by atoms with Gasteiger partial charge in [-0.1, -0.05) is 4.49 Å². The topological polar surface area (TPSA) is 95.4 Å². The van der Waals surface area contributed by atoms with Gasteiger partial charge in [0.1, 0.15) is 5.00 Å². The molecule has 98 valence electrons. The van der Waals surface area contributed by atoms with Crippen molar-refractivity contribution in [1.29, 1.82) is 0 Å². The van der Waals surface area contributed by atoms with Crippen molar-refractivity contribution in [1.82, 2.24) is 14.5 Å². The molecule has 0 saturated carbocycles. The van der Waals surface area contributed by atoms with Crippen molar-refractivity contribution in [3.05, 3.63) is 6.20 Å². The highest BCUT2D eigenvalue weighted by Gasteiger charge is 2.29. The molecule has 2 N–H and O–H groups in total. The normalized spacial score (nSPS) is 19.6. The molecule has 1 aromatic rings. The lowest BCUT2D eigenvalue weighted by Crippen LogP contribution is -2.48. The summed E-state index contributed by atoms with van der Waals surface area (Å²) in [6, 6.07) is -0.547. The van der Waals surface area contributed by atoms with Gasteiger partial charge < -0.3 is 10.0 Å². The van der Waals surface area contributed by atoms with E-state index in [-0.39, 0.29) is 18.5 Å². The molecule has 1 aliphatic rings. The number of nitrogens with zero attached hydrogens (tertiary/aromatic N) is 3. The number of rotatable bonds is 3. The first kappa shape index (κ1) is 13.1. The standard InChI is InChI=1S/C9H12N4O3S2/c14-8(15)3-6-5-17-2-1-13(6)9(16)11-7-4-10-12-18-7/h4,6H,1-3,5H2,(H,11,16)(H,14,15). The predicted molar refractivity (Wildman–Crippen MR) is 69.0 cm³/mol. The highest BCUT2D eigenvalue weighted by molar-refractivity contribution is 7.99. The molecule has 1 fully saturated rings. The van der Waals surface area contributed by atoms with Crippen LogP contribution in [0.15, 0.2) is 6.20 Å². The van der Waals surface area contributed by atoms with Crippen molar-refractivity contribution >= 4 is 40.3 Å². The molecule has 0 bridgehead atoms. The second-order valence-corrected chi connectivity index (χ2v) is 5.67. The number of anilines is 1. The van der Waals surface area contributed by atoms with Gasteiger partial charge in [0, 0.05) is 29.6 Å². The van der Waals surface area contributed by atoms with Crippen LogP contribution in [0.5, 0.6) is 0 Å². The van der Waals surface area contributed by atoms with E-state index >= 15 is 0 Å². The molecule has 7 nitrogen and oxygen atoms in total. The Hall–Kier alpha value is -1.35. The Bertz CT molecular complexity index is 425. The van der Waals surface area contributed by atoms with Crippen LogP contribution in [-0.2, 0) is 4.79 Å². The summed E-state index contributed by atoms with van der Waals surface area (Å²) in [4.78, 5) is 24.4. The number of thioether (sulfide) groups is 1. The average molecular weight is 288 g/mol. The minimum atomic E-state index is -0.889. The monoisotopic (exact) mass is 288 g/mol. The van der Waals surface area contributed by atoms with Gasteiger partial charge in [-0.3, -0.25) is 10.1 Å². The van der Waals surface area contributed by atoms with Gasteiger partial charge in [-0.2, -0.15) is 11.8 Å². The van der Waals surface area contributed by atoms with Crippen LogP contribution in [-0.4, -0.2) is 55.7 Å². The Kier molecular flexibility index (Phi) is 4.37. The summed E-state index contributed by atoms with van der Waals surface area (Å²) < 4.78 is 3.65. The highest BCUT2D eigenvalue weighted by atomic mass is 32.2. The predicted octanol–water partition coefficient (Wildman–Crippen LogP) is 0.962. The van der Waals surface area contributed by atoms with Crippen molar-refractivity contribution in [2.75, 3.05) is 23.4 Å². The third kappa shape index (κ3) is 3.33. The third-order valence-corrected chi connectivity index (χ3v) is 4.16. The van der Waals surface area contributed by atoms with E-state index < -0.39 is 5.97 Å². The van der Waals surface area contributed by atoms with E-state index in [4.69, 9.17) is 5.11 Å². The van der Waals surface area contributed by atoms with Gasteiger partial charge in [0.05, 0.1) is 18.7 Å². The van der Waals surface area contributed by atoms with E-state index in [0.29, 0.717) is 17.3 Å². The maximum atomic E-state index is 12.0. The van der Waals surface area contributed by atoms with Crippen LogP contribution in [0, 0.1) is 0 Å². The summed E-state index contributed by atoms with van der Waals surface area (Å²) in [6.07, 6.45) is 1.44. The molecule has 2 rings (SSSR count). The minimum Gasteiger partial charge on any atom is -0.481 e. The molecule has 1 unspecified atom stereocenters. The van der Waals surface area contributed by atoms with Gasteiger partial charge in [0.25, 0.3) is 0 Å². The van der Waals surface area contributed by atoms with Crippen molar-refractivity contribution < 1.29 is 14.7 Å². The van der Waals surface area contributed by atoms with E-state index in [2.05, 4.69) is 14.9 Å². The first-order valence-electron chi connectivity index (χ1n) is 5.31. The van der Waals surface area contributed by atoms with E-state index in [1.54, 1.807) is 16.7 Å². The first-order chi connectivity index (χ1) is 8.66. The lowest BCUT2D eigenvalue weighted by Gasteiger charge is -2.34. The van der Waals surface area contributed by atoms with Gasteiger partial charge in [-0.25, -0.2) is 4.79 Å². The summed E-state index contributed by atoms with van der Waals surface area (Å²) in [5, 5.41) is 15.7. The van der Waals surface area contributed by atoms with E-state index in [1.807, 2.05) is 0 Å². The molecular formula is C9H12N4O3S2. The van der Waals surface area contributed by atoms with Crippen LogP contribution in [0.25, 0.3) is 0 Å². The Balaban J connectivity index is 1.99. The van der Waals surface area contributed by atoms with Gasteiger partial charge >= 0.3 is 12.0 Å². The lowest BCUT2D eigenvalue weighted by molar-refractivity contribution is -0.137. The first-order valence-corrected chi connectivity index (χ1v) is 7.24. The number of carbonyl (C=O) groups is 2. The second-order valence-electron chi connectivity index (χ2n) is 3.73. The zero-order valence-electron chi connectivity index (χ0n) is 9.40. The maximum absolute atomic E-state index is 12.0. The Labute approximate surface area is 112 Å². The minimum absolute atomic E-state index is 0.0264. The highest BCUT2D eigenvalue weighted by Crippen LogP contribution is 2.20. The molecule has 1 saturated heterocycles. The van der Waals surface area contributed by atoms with Crippen LogP contribution in [0.2, 0.25) is 0 Å². The van der Waals surface area contributed by atoms with Crippen molar-refractivity contribution in [3.63, 3.8) is 0 Å². The molecule has 0 spiro atoms. The van der Waals surface area contributed by atoms with Gasteiger partial charge in [-0.15, -0.1) is 5.10 Å². The average Bonchev–Trinajstić information content (AvgIpc) is 2.81. The number of amides is 2. The zero-order chi connectivity index (χ0) is 13.0. The number of carboxylic acids is 1. The molecule has 1 aliphatic heterocycles. The molecule has 2 amide bonds. The van der Waals surface area contributed by atoms with Crippen molar-refractivity contribution in [3.8, 4) is 0 Å². The van der Waals surface area contributed by atoms with Crippen molar-refractivity contribution in [2.45, 2.75) is 12.5 Å². The molecule has 0 aliphatic carbocycles. The van der Waals surface area contributed by atoms with Crippen LogP contribution >= 0.6 is 23.3 Å². The fraction of sp³-hybridized carbons (Fsp3) is 0.556. The maximum Gasteiger partial charge on any atom is 0.322 e. The van der Waals surface area contributed by atoms with Crippen LogP contribution in [0.4, 0.5) is 9.80 Å². The molecule has 9 heteroatoms. The SMILES string of the molecule is O=C(O)CC1CSCCN1C(=O)Nc1cnns1. The van der Waals surface area contributed by atoms with Gasteiger partial charge in [0.2, 0.25) is 0 Å². The number of urea groups is 1. The molecule has 1 aromatic heterocycles. The molecular weight excluding hydrogens is 276 g/mol. The number of aliphatic carboxylic acids is 1. The summed E-state index contributed by atoms with van der Waals surface area (Å²) in [5.41, 5.74) is 0. The van der Waals surface area contributed by atoms with Crippen LogP contribution in [0.3, 0.4) is 0 Å². The van der Waals surface area contributed by atoms with Crippen molar-refractivity contribution in [2.24, 2.45) is 0 Å². The lowest BCUT2D eigenvalue weighted by atomic mass is 10.2. The van der Waals surface area contributed by atoms with Gasteiger partial charge in [-0.05, 0) is 0 Å². The fourth-order valence-corrected chi connectivity index (χ4v) is 3.16. The van der Waals surface area contributed by atoms with Crippen LogP contribution < -0.4 is 5.32 Å². The number of hydrogen-bond acceptors (Lipinski definition) is 6.